The Morgan fingerprint density at radius 3 is 2.60 bits per heavy atom. The van der Waals surface area contributed by atoms with Gasteiger partial charge in [0.2, 0.25) is 5.91 Å². The van der Waals surface area contributed by atoms with Crippen molar-refractivity contribution >= 4 is 28.6 Å². The lowest BCUT2D eigenvalue weighted by Gasteiger charge is -2.23. The minimum absolute atomic E-state index is 0.207. The van der Waals surface area contributed by atoms with Crippen LogP contribution in [0.25, 0.3) is 11.1 Å². The quantitative estimate of drug-likeness (QED) is 0.812. The van der Waals surface area contributed by atoms with E-state index in [0.29, 0.717) is 12.3 Å². The van der Waals surface area contributed by atoms with E-state index in [4.69, 9.17) is 0 Å². The molecule has 4 nitrogen and oxygen atoms in total. The van der Waals surface area contributed by atoms with E-state index in [1.807, 2.05) is 41.3 Å². The van der Waals surface area contributed by atoms with Crippen molar-refractivity contribution in [3.63, 3.8) is 0 Å². The fourth-order valence-electron chi connectivity index (χ4n) is 3.31. The number of carbonyl (C=O) groups is 1. The van der Waals surface area contributed by atoms with Gasteiger partial charge in [0.15, 0.2) is 0 Å². The van der Waals surface area contributed by atoms with Crippen LogP contribution in [0.4, 0.5) is 11.4 Å². The van der Waals surface area contributed by atoms with E-state index in [1.54, 1.807) is 6.26 Å². The van der Waals surface area contributed by atoms with Gasteiger partial charge in [-0.05, 0) is 41.7 Å². The van der Waals surface area contributed by atoms with Crippen LogP contribution in [-0.2, 0) is 16.2 Å². The summed E-state index contributed by atoms with van der Waals surface area (Å²) in [7, 11) is 0. The van der Waals surface area contributed by atoms with Crippen molar-refractivity contribution in [3.05, 3.63) is 48.0 Å². The van der Waals surface area contributed by atoms with E-state index in [1.165, 1.54) is 5.56 Å². The number of hydrogen-bond acceptors (Lipinski definition) is 3. The van der Waals surface area contributed by atoms with Crippen molar-refractivity contribution in [2.75, 3.05) is 22.4 Å². The van der Waals surface area contributed by atoms with Crippen LogP contribution in [0.5, 0.6) is 0 Å². The van der Waals surface area contributed by atoms with Crippen LogP contribution in [0.1, 0.15) is 38.2 Å². The maximum absolute atomic E-state index is 12.2. The molecular formula is C20H24N2O2S. The number of rotatable bonds is 5. The first kappa shape index (κ1) is 17.8. The third-order valence-corrected chi connectivity index (χ3v) is 5.01. The Morgan fingerprint density at radius 1 is 1.20 bits per heavy atom. The van der Waals surface area contributed by atoms with Crippen LogP contribution >= 0.6 is 0 Å². The van der Waals surface area contributed by atoms with Crippen molar-refractivity contribution in [2.45, 2.75) is 32.6 Å². The zero-order chi connectivity index (χ0) is 18.0. The van der Waals surface area contributed by atoms with Crippen LogP contribution in [0.2, 0.25) is 0 Å². The summed E-state index contributed by atoms with van der Waals surface area (Å²) < 4.78 is 14.6. The number of para-hydroxylation sites is 1. The normalized spacial score (nSPS) is 15.7. The van der Waals surface area contributed by atoms with Crippen LogP contribution in [0.3, 0.4) is 0 Å². The highest BCUT2D eigenvalue weighted by Crippen LogP contribution is 2.36. The molecule has 1 aliphatic rings. The highest BCUT2D eigenvalue weighted by atomic mass is 32.2. The van der Waals surface area contributed by atoms with Gasteiger partial charge < -0.3 is 9.45 Å². The largest absolute Gasteiger partial charge is 0.593 e. The van der Waals surface area contributed by atoms with Gasteiger partial charge in [0.1, 0.15) is 6.26 Å². The molecule has 0 aliphatic carbocycles. The molecule has 1 aliphatic heterocycles. The average molecular weight is 356 g/mol. The fraction of sp³-hybridized carbons (Fsp3) is 0.350. The molecule has 1 amide bonds. The van der Waals surface area contributed by atoms with Gasteiger partial charge in [-0.2, -0.15) is 0 Å². The lowest BCUT2D eigenvalue weighted by molar-refractivity contribution is -0.117. The number of benzene rings is 2. The molecule has 5 heteroatoms. The summed E-state index contributed by atoms with van der Waals surface area (Å²) >= 11 is -1.13. The van der Waals surface area contributed by atoms with Gasteiger partial charge >= 0.3 is 0 Å². The Kier molecular flexibility index (Phi) is 5.35. The molecule has 0 saturated carbocycles. The monoisotopic (exact) mass is 356 g/mol. The first-order valence-corrected chi connectivity index (χ1v) is 10.2. The summed E-state index contributed by atoms with van der Waals surface area (Å²) in [6, 6.07) is 14.1. The molecule has 1 unspecified atom stereocenters. The van der Waals surface area contributed by atoms with Gasteiger partial charge in [0.05, 0.1) is 17.0 Å². The molecule has 0 aromatic heterocycles. The van der Waals surface area contributed by atoms with Crippen molar-refractivity contribution in [1.82, 2.24) is 0 Å². The Bertz CT molecular complexity index is 774. The summed E-state index contributed by atoms with van der Waals surface area (Å²) in [4.78, 5) is 14.1. The molecule has 25 heavy (non-hydrogen) atoms. The molecule has 1 N–H and O–H groups in total. The molecule has 1 atom stereocenters. The number of nitrogens with one attached hydrogen (secondary N) is 1. The highest BCUT2D eigenvalue weighted by molar-refractivity contribution is 7.92. The van der Waals surface area contributed by atoms with Crippen molar-refractivity contribution < 1.29 is 9.35 Å². The number of hydrogen-bond donors (Lipinski definition) is 1. The predicted octanol–water partition coefficient (Wildman–Crippen LogP) is 4.31. The molecule has 132 valence electrons. The molecule has 1 heterocycles. The second kappa shape index (κ2) is 7.50. The minimum Gasteiger partial charge on any atom is -0.593 e. The Hall–Kier alpha value is -1.98. The van der Waals surface area contributed by atoms with Crippen LogP contribution in [0.15, 0.2) is 42.5 Å². The zero-order valence-corrected chi connectivity index (χ0v) is 15.7. The second-order valence-corrected chi connectivity index (χ2v) is 7.79. The van der Waals surface area contributed by atoms with Crippen LogP contribution < -0.4 is 9.62 Å². The smallest absolute Gasteiger partial charge is 0.227 e. The van der Waals surface area contributed by atoms with Crippen LogP contribution in [0, 0.1) is 0 Å². The lowest BCUT2D eigenvalue weighted by Crippen LogP contribution is -2.25. The maximum Gasteiger partial charge on any atom is 0.227 e. The van der Waals surface area contributed by atoms with E-state index in [9.17, 15) is 9.35 Å². The van der Waals surface area contributed by atoms with Gasteiger partial charge in [-0.15, -0.1) is 0 Å². The predicted molar refractivity (Wildman–Crippen MR) is 105 cm³/mol. The molecular weight excluding hydrogens is 332 g/mol. The minimum atomic E-state index is -1.13. The topological polar surface area (TPSA) is 55.4 Å². The standard InChI is InChI=1S/C20H24N2O2S/c1-14(2)17-13-15(10-11-19(17)22-12-6-9-20(22)23)16-7-4-5-8-18(16)21-25(3)24/h4-5,7-8,10-11,13-14,21H,6,9,12H2,1-3H3. The van der Waals surface area contributed by atoms with Crippen molar-refractivity contribution in [3.8, 4) is 11.1 Å². The van der Waals surface area contributed by atoms with E-state index in [2.05, 4.69) is 24.6 Å². The lowest BCUT2D eigenvalue weighted by atomic mass is 9.94. The number of carbonyl (C=O) groups excluding carboxylic acids is 1. The third-order valence-electron chi connectivity index (χ3n) is 4.51. The molecule has 2 aromatic carbocycles. The summed E-state index contributed by atoms with van der Waals surface area (Å²) in [5.41, 5.74) is 5.11. The molecule has 3 rings (SSSR count). The van der Waals surface area contributed by atoms with Gasteiger partial charge in [0.25, 0.3) is 0 Å². The number of nitrogens with zero attached hydrogens (tertiary/aromatic N) is 1. The Balaban J connectivity index is 2.05. The summed E-state index contributed by atoms with van der Waals surface area (Å²) in [6.45, 7) is 5.09. The summed E-state index contributed by atoms with van der Waals surface area (Å²) in [6.07, 6.45) is 3.18. The number of amides is 1. The van der Waals surface area contributed by atoms with Gasteiger partial charge in [-0.3, -0.25) is 4.79 Å². The van der Waals surface area contributed by atoms with Gasteiger partial charge in [-0.25, -0.2) is 4.72 Å². The zero-order valence-electron chi connectivity index (χ0n) is 14.9. The Morgan fingerprint density at radius 2 is 1.96 bits per heavy atom. The molecule has 0 bridgehead atoms. The van der Waals surface area contributed by atoms with Crippen LogP contribution in [-0.4, -0.2) is 23.3 Å². The molecule has 0 spiro atoms. The summed E-state index contributed by atoms with van der Waals surface area (Å²) in [5, 5.41) is 0. The second-order valence-electron chi connectivity index (χ2n) is 6.68. The van der Waals surface area contributed by atoms with Crippen molar-refractivity contribution in [2.24, 2.45) is 0 Å². The van der Waals surface area contributed by atoms with Gasteiger partial charge in [-0.1, -0.05) is 38.1 Å². The van der Waals surface area contributed by atoms with Crippen molar-refractivity contribution in [1.29, 1.82) is 0 Å². The molecule has 1 saturated heterocycles. The molecule has 0 radical (unpaired) electrons. The third kappa shape index (κ3) is 3.83. The fourth-order valence-corrected chi connectivity index (χ4v) is 3.80. The van der Waals surface area contributed by atoms with E-state index < -0.39 is 11.4 Å². The molecule has 1 fully saturated rings. The SMILES string of the molecule is CC(C)c1cc(-c2ccccc2N[S+](C)[O-])ccc1N1CCCC1=O. The average Bonchev–Trinajstić information content (AvgIpc) is 3.00. The molecule has 2 aromatic rings. The number of anilines is 2. The summed E-state index contributed by atoms with van der Waals surface area (Å²) in [5.74, 6) is 0.516. The maximum atomic E-state index is 12.2. The van der Waals surface area contributed by atoms with E-state index in [-0.39, 0.29) is 5.91 Å². The first-order chi connectivity index (χ1) is 12.0. The highest BCUT2D eigenvalue weighted by Gasteiger charge is 2.25. The van der Waals surface area contributed by atoms with Gasteiger partial charge in [0, 0.05) is 24.2 Å². The van der Waals surface area contributed by atoms with E-state index >= 15 is 0 Å². The van der Waals surface area contributed by atoms with E-state index in [0.717, 1.165) is 35.5 Å². The first-order valence-electron chi connectivity index (χ1n) is 8.61. The Labute approximate surface area is 152 Å².